The Hall–Kier alpha value is -0.900. The molecule has 0 N–H and O–H groups in total. The van der Waals surface area contributed by atoms with Gasteiger partial charge in [0.1, 0.15) is 11.6 Å². The predicted molar refractivity (Wildman–Crippen MR) is 37.8 cm³/mol. The lowest BCUT2D eigenvalue weighted by atomic mass is 10.3. The van der Waals surface area contributed by atoms with Gasteiger partial charge in [-0.3, -0.25) is 0 Å². The van der Waals surface area contributed by atoms with Crippen molar-refractivity contribution in [3.63, 3.8) is 0 Å². The molecule has 0 spiro atoms. The summed E-state index contributed by atoms with van der Waals surface area (Å²) < 4.78 is 40.1. The maximum absolute atomic E-state index is 12.2. The Bertz CT molecular complexity index is 254. The zero-order chi connectivity index (χ0) is 9.19. The van der Waals surface area contributed by atoms with Crippen LogP contribution in [0.4, 0.5) is 13.2 Å². The van der Waals surface area contributed by atoms with E-state index in [1.165, 1.54) is 0 Å². The van der Waals surface area contributed by atoms with E-state index in [1.54, 1.807) is 0 Å². The minimum Gasteiger partial charge on any atom is -0.420 e. The van der Waals surface area contributed by atoms with Crippen LogP contribution in [0.3, 0.4) is 0 Å². The number of hydrogen-bond acceptors (Lipinski definition) is 1. The van der Waals surface area contributed by atoms with Gasteiger partial charge < -0.3 is 4.74 Å². The fraction of sp³-hybridized carbons (Fsp3) is 0.143. The second-order valence-corrected chi connectivity index (χ2v) is 2.44. The minimum absolute atomic E-state index is 0.184. The van der Waals surface area contributed by atoms with Gasteiger partial charge in [0.2, 0.25) is 0 Å². The van der Waals surface area contributed by atoms with Crippen molar-refractivity contribution in [3.05, 3.63) is 30.1 Å². The van der Waals surface area contributed by atoms with Gasteiger partial charge in [-0.1, -0.05) is 0 Å². The Morgan fingerprint density at radius 3 is 2.08 bits per heavy atom. The smallest absolute Gasteiger partial charge is 0.420 e. The van der Waals surface area contributed by atoms with Crippen LogP contribution >= 0.6 is 11.6 Å². The fourth-order valence-electron chi connectivity index (χ4n) is 0.636. The maximum Gasteiger partial charge on any atom is 0.487 e. The summed E-state index contributed by atoms with van der Waals surface area (Å²) in [4.78, 5) is 0. The van der Waals surface area contributed by atoms with Gasteiger partial charge in [0.25, 0.3) is 0 Å². The molecule has 1 nitrogen and oxygen atoms in total. The van der Waals surface area contributed by atoms with E-state index in [0.29, 0.717) is 0 Å². The highest BCUT2D eigenvalue weighted by Gasteiger charge is 2.27. The SMILES string of the molecule is Fc1ccc(OC(F)(F)Cl)cc1. The van der Waals surface area contributed by atoms with Gasteiger partial charge in [0.05, 0.1) is 0 Å². The zero-order valence-electron chi connectivity index (χ0n) is 5.73. The predicted octanol–water partition coefficient (Wildman–Crippen LogP) is 2.99. The lowest BCUT2D eigenvalue weighted by Gasteiger charge is -2.09. The van der Waals surface area contributed by atoms with Gasteiger partial charge in [0, 0.05) is 11.6 Å². The highest BCUT2D eigenvalue weighted by atomic mass is 35.5. The molecular formula is C7H4ClF3O. The fourth-order valence-corrected chi connectivity index (χ4v) is 0.725. The van der Waals surface area contributed by atoms with Crippen molar-refractivity contribution >= 4 is 11.6 Å². The molecule has 1 aromatic rings. The second kappa shape index (κ2) is 3.23. The zero-order valence-corrected chi connectivity index (χ0v) is 6.49. The number of alkyl halides is 3. The van der Waals surface area contributed by atoms with Crippen molar-refractivity contribution in [2.24, 2.45) is 0 Å². The summed E-state index contributed by atoms with van der Waals surface area (Å²) in [6, 6.07) is 4.12. The summed E-state index contributed by atoms with van der Waals surface area (Å²) in [6.07, 6.45) is 0. The van der Waals surface area contributed by atoms with Gasteiger partial charge in [0.15, 0.2) is 0 Å². The molecule has 0 aromatic heterocycles. The van der Waals surface area contributed by atoms with Crippen molar-refractivity contribution in [2.75, 3.05) is 0 Å². The lowest BCUT2D eigenvalue weighted by molar-refractivity contribution is -0.0965. The van der Waals surface area contributed by atoms with E-state index in [2.05, 4.69) is 16.3 Å². The topological polar surface area (TPSA) is 9.23 Å². The Morgan fingerprint density at radius 2 is 1.67 bits per heavy atom. The van der Waals surface area contributed by atoms with Crippen LogP contribution in [0.1, 0.15) is 0 Å². The van der Waals surface area contributed by atoms with E-state index in [1.807, 2.05) is 0 Å². The first kappa shape index (κ1) is 9.19. The van der Waals surface area contributed by atoms with Crippen molar-refractivity contribution in [3.8, 4) is 5.75 Å². The number of hydrogen-bond donors (Lipinski definition) is 0. The molecule has 0 unspecified atom stereocenters. The molecule has 0 saturated heterocycles. The number of halogens is 4. The molecule has 1 rings (SSSR count). The van der Waals surface area contributed by atoms with E-state index in [9.17, 15) is 13.2 Å². The summed E-state index contributed by atoms with van der Waals surface area (Å²) in [5, 5.41) is 0. The molecule has 0 atom stereocenters. The van der Waals surface area contributed by atoms with Gasteiger partial charge in [-0.2, -0.15) is 0 Å². The van der Waals surface area contributed by atoms with Crippen LogP contribution in [-0.4, -0.2) is 5.57 Å². The highest BCUT2D eigenvalue weighted by Crippen LogP contribution is 2.24. The highest BCUT2D eigenvalue weighted by molar-refractivity contribution is 6.20. The van der Waals surface area contributed by atoms with Crippen LogP contribution in [0.2, 0.25) is 0 Å². The van der Waals surface area contributed by atoms with Gasteiger partial charge in [-0.15, -0.1) is 8.78 Å². The number of rotatable bonds is 2. The molecule has 1 aromatic carbocycles. The quantitative estimate of drug-likeness (QED) is 0.661. The summed E-state index contributed by atoms with van der Waals surface area (Å²) in [7, 11) is 0. The molecule has 5 heteroatoms. The molecule has 0 radical (unpaired) electrons. The maximum atomic E-state index is 12.2. The molecule has 0 bridgehead atoms. The summed E-state index contributed by atoms with van der Waals surface area (Å²) in [5.74, 6) is -0.711. The van der Waals surface area contributed by atoms with E-state index in [-0.39, 0.29) is 5.75 Å². The van der Waals surface area contributed by atoms with Gasteiger partial charge >= 0.3 is 5.57 Å². The van der Waals surface area contributed by atoms with Crippen LogP contribution in [0.25, 0.3) is 0 Å². The third-order valence-electron chi connectivity index (χ3n) is 1.05. The standard InChI is InChI=1S/C7H4ClF3O/c8-7(10,11)12-6-3-1-5(9)2-4-6/h1-4H. The Balaban J connectivity index is 2.71. The lowest BCUT2D eigenvalue weighted by Crippen LogP contribution is -2.15. The molecule has 0 aliphatic heterocycles. The average molecular weight is 197 g/mol. The van der Waals surface area contributed by atoms with Crippen molar-refractivity contribution in [1.82, 2.24) is 0 Å². The minimum atomic E-state index is -3.75. The first-order chi connectivity index (χ1) is 5.47. The van der Waals surface area contributed by atoms with E-state index in [4.69, 9.17) is 0 Å². The molecule has 0 fully saturated rings. The largest absolute Gasteiger partial charge is 0.487 e. The summed E-state index contributed by atoms with van der Waals surface area (Å²) >= 11 is 4.46. The Morgan fingerprint density at radius 1 is 1.17 bits per heavy atom. The molecule has 12 heavy (non-hydrogen) atoms. The van der Waals surface area contributed by atoms with E-state index >= 15 is 0 Å². The van der Waals surface area contributed by atoms with Crippen LogP contribution in [0.5, 0.6) is 5.75 Å². The molecule has 0 aliphatic carbocycles. The van der Waals surface area contributed by atoms with Gasteiger partial charge in [-0.25, -0.2) is 4.39 Å². The van der Waals surface area contributed by atoms with Crippen molar-refractivity contribution < 1.29 is 17.9 Å². The molecule has 0 saturated carbocycles. The second-order valence-electron chi connectivity index (χ2n) is 2.00. The Kier molecular flexibility index (Phi) is 2.47. The van der Waals surface area contributed by atoms with Gasteiger partial charge in [-0.05, 0) is 24.3 Å². The third kappa shape index (κ3) is 3.00. The van der Waals surface area contributed by atoms with Crippen LogP contribution < -0.4 is 4.74 Å². The average Bonchev–Trinajstić information content (AvgIpc) is 1.91. The van der Waals surface area contributed by atoms with Crippen molar-refractivity contribution in [1.29, 1.82) is 0 Å². The third-order valence-corrected chi connectivity index (χ3v) is 1.12. The Labute approximate surface area is 71.7 Å². The summed E-state index contributed by atoms with van der Waals surface area (Å²) in [5.41, 5.74) is -3.75. The molecule has 0 aliphatic rings. The molecular weight excluding hydrogens is 193 g/mol. The first-order valence-corrected chi connectivity index (χ1v) is 3.36. The van der Waals surface area contributed by atoms with E-state index in [0.717, 1.165) is 24.3 Å². The van der Waals surface area contributed by atoms with Crippen LogP contribution in [-0.2, 0) is 0 Å². The normalized spacial score (nSPS) is 11.3. The summed E-state index contributed by atoms with van der Waals surface area (Å²) in [6.45, 7) is 0. The van der Waals surface area contributed by atoms with Crippen molar-refractivity contribution in [2.45, 2.75) is 5.57 Å². The van der Waals surface area contributed by atoms with Crippen LogP contribution in [0, 0.1) is 5.82 Å². The number of ether oxygens (including phenoxy) is 1. The molecule has 0 amide bonds. The molecule has 66 valence electrons. The molecule has 0 heterocycles. The monoisotopic (exact) mass is 196 g/mol. The first-order valence-electron chi connectivity index (χ1n) is 2.99. The van der Waals surface area contributed by atoms with Crippen LogP contribution in [0.15, 0.2) is 24.3 Å². The van der Waals surface area contributed by atoms with E-state index < -0.39 is 11.4 Å². The number of benzene rings is 1.